The lowest BCUT2D eigenvalue weighted by Crippen LogP contribution is -2.31. The van der Waals surface area contributed by atoms with Crippen LogP contribution in [0.5, 0.6) is 0 Å². The summed E-state index contributed by atoms with van der Waals surface area (Å²) in [6.45, 7) is 5.43. The second kappa shape index (κ2) is 10.8. The smallest absolute Gasteiger partial charge is 0.285 e. The molecule has 12 heteroatoms. The number of benzene rings is 2. The number of rotatable bonds is 7. The van der Waals surface area contributed by atoms with Gasteiger partial charge in [0.1, 0.15) is 22.8 Å². The molecule has 2 N–H and O–H groups in total. The summed E-state index contributed by atoms with van der Waals surface area (Å²) in [7, 11) is -3.85. The fraction of sp³-hybridized carbons (Fsp3) is 0.172. The number of nitrogens with one attached hydrogen (secondary N) is 2. The van der Waals surface area contributed by atoms with Crippen LogP contribution in [0.1, 0.15) is 40.3 Å². The van der Waals surface area contributed by atoms with E-state index in [9.17, 15) is 18.0 Å². The highest BCUT2D eigenvalue weighted by Gasteiger charge is 2.25. The van der Waals surface area contributed by atoms with Crippen molar-refractivity contribution < 1.29 is 22.2 Å². The van der Waals surface area contributed by atoms with Crippen LogP contribution in [0, 0.1) is 13.8 Å². The topological polar surface area (TPSA) is 144 Å². The average Bonchev–Trinajstić information content (AvgIpc) is 3.34. The number of pyridine rings is 1. The van der Waals surface area contributed by atoms with Crippen molar-refractivity contribution in [3.8, 4) is 22.5 Å². The molecule has 0 aliphatic carbocycles. The monoisotopic (exact) mass is 592 g/mol. The van der Waals surface area contributed by atoms with E-state index in [1.807, 2.05) is 55.0 Å². The van der Waals surface area contributed by atoms with E-state index in [0.29, 0.717) is 44.7 Å². The Morgan fingerprint density at radius 3 is 2.46 bits per heavy atom. The molecule has 3 heterocycles. The molecule has 0 aliphatic heterocycles. The molecule has 0 unspecified atom stereocenters. The number of hydrogen-bond acceptors (Lipinski definition) is 9. The number of carbonyl (C=O) groups is 1. The molecule has 0 bridgehead atoms. The normalized spacial score (nSPS) is 12.3. The largest absolute Gasteiger partial charge is 0.455 e. The molecule has 1 amide bonds. The van der Waals surface area contributed by atoms with Crippen molar-refractivity contribution in [1.29, 1.82) is 0 Å². The Labute approximate surface area is 240 Å². The van der Waals surface area contributed by atoms with Crippen LogP contribution in [0.15, 0.2) is 74.6 Å². The zero-order valence-corrected chi connectivity index (χ0v) is 24.1. The predicted octanol–water partition coefficient (Wildman–Crippen LogP) is 5.64. The third-order valence-electron chi connectivity index (χ3n) is 6.41. The van der Waals surface area contributed by atoms with Crippen LogP contribution in [0.4, 0.5) is 5.69 Å². The molecule has 0 saturated carbocycles. The third-order valence-corrected chi connectivity index (χ3v) is 7.18. The number of carbonyl (C=O) groups excluding carboxylic acids is 1. The summed E-state index contributed by atoms with van der Waals surface area (Å²) in [5.41, 5.74) is 3.66. The zero-order chi connectivity index (χ0) is 29.5. The van der Waals surface area contributed by atoms with Gasteiger partial charge in [0.2, 0.25) is 15.5 Å². The summed E-state index contributed by atoms with van der Waals surface area (Å²) in [6.07, 6.45) is 2.29. The van der Waals surface area contributed by atoms with E-state index < -0.39 is 22.0 Å². The Morgan fingerprint density at radius 1 is 1.07 bits per heavy atom. The van der Waals surface area contributed by atoms with Crippen LogP contribution in [-0.4, -0.2) is 30.7 Å². The Balaban J connectivity index is 1.69. The molecule has 0 radical (unpaired) electrons. The maximum atomic E-state index is 14.1. The lowest BCUT2D eigenvalue weighted by atomic mass is 9.95. The maximum absolute atomic E-state index is 14.1. The van der Waals surface area contributed by atoms with E-state index >= 15 is 0 Å². The van der Waals surface area contributed by atoms with Gasteiger partial charge in [-0.2, -0.15) is 0 Å². The van der Waals surface area contributed by atoms with Gasteiger partial charge in [-0.05, 0) is 44.5 Å². The first-order valence-electron chi connectivity index (χ1n) is 12.5. The fourth-order valence-corrected chi connectivity index (χ4v) is 5.20. The highest BCUT2D eigenvalue weighted by molar-refractivity contribution is 7.89. The Bertz CT molecular complexity index is 1970. The number of aromatic nitrogens is 2. The van der Waals surface area contributed by atoms with E-state index in [4.69, 9.17) is 20.5 Å². The molecule has 0 spiro atoms. The quantitative estimate of drug-likeness (QED) is 0.229. The van der Waals surface area contributed by atoms with Gasteiger partial charge in [-0.3, -0.25) is 9.59 Å². The molecule has 0 fully saturated rings. The minimum Gasteiger partial charge on any atom is -0.455 e. The van der Waals surface area contributed by atoms with Gasteiger partial charge in [-0.15, -0.1) is 0 Å². The lowest BCUT2D eigenvalue weighted by molar-refractivity contribution is 0.0977. The maximum Gasteiger partial charge on any atom is 0.285 e. The zero-order valence-electron chi connectivity index (χ0n) is 22.5. The Kier molecular flexibility index (Phi) is 7.41. The highest BCUT2D eigenvalue weighted by atomic mass is 35.5. The van der Waals surface area contributed by atoms with Crippen molar-refractivity contribution in [3.63, 3.8) is 0 Å². The fourth-order valence-electron chi connectivity index (χ4n) is 4.62. The molecule has 5 aromatic rings. The molecular formula is C29H25ClN4O6S. The van der Waals surface area contributed by atoms with E-state index in [-0.39, 0.29) is 22.0 Å². The van der Waals surface area contributed by atoms with E-state index in [1.165, 1.54) is 18.4 Å². The average molecular weight is 593 g/mol. The van der Waals surface area contributed by atoms with Crippen molar-refractivity contribution in [2.75, 3.05) is 11.6 Å². The first kappa shape index (κ1) is 28.1. The SMILES string of the molecule is Cc1cc([C@@H](C)Nc2ccc(Cl)nc2C(=O)NS(C)(=O)=O)c2oc(-c3ccccc3)c(-c3conc3C)c(=O)c2c1. The molecular weight excluding hydrogens is 568 g/mol. The molecule has 41 heavy (non-hydrogen) atoms. The number of halogens is 1. The number of nitrogens with zero attached hydrogens (tertiary/aromatic N) is 2. The van der Waals surface area contributed by atoms with Gasteiger partial charge in [0.05, 0.1) is 40.2 Å². The molecule has 2 aromatic carbocycles. The summed E-state index contributed by atoms with van der Waals surface area (Å²) < 4.78 is 37.0. The lowest BCUT2D eigenvalue weighted by Gasteiger charge is -2.20. The molecule has 10 nitrogen and oxygen atoms in total. The van der Waals surface area contributed by atoms with Crippen molar-refractivity contribution in [1.82, 2.24) is 14.9 Å². The van der Waals surface area contributed by atoms with Crippen LogP contribution in [0.25, 0.3) is 33.4 Å². The first-order valence-corrected chi connectivity index (χ1v) is 14.7. The van der Waals surface area contributed by atoms with Crippen LogP contribution in [0.3, 0.4) is 0 Å². The number of amides is 1. The van der Waals surface area contributed by atoms with Crippen molar-refractivity contribution in [3.05, 3.63) is 98.8 Å². The second-order valence-electron chi connectivity index (χ2n) is 9.65. The molecule has 5 rings (SSSR count). The molecule has 3 aromatic heterocycles. The van der Waals surface area contributed by atoms with Crippen LogP contribution >= 0.6 is 11.6 Å². The third kappa shape index (κ3) is 5.72. The van der Waals surface area contributed by atoms with Gasteiger partial charge in [0.25, 0.3) is 5.91 Å². The number of anilines is 1. The van der Waals surface area contributed by atoms with Gasteiger partial charge < -0.3 is 14.3 Å². The molecule has 210 valence electrons. The Morgan fingerprint density at radius 2 is 1.80 bits per heavy atom. The summed E-state index contributed by atoms with van der Waals surface area (Å²) >= 11 is 6.02. The standard InChI is InChI=1S/C29H25ClN4O6S/c1-15-12-19(16(2)31-22-10-11-23(30)32-25(22)29(36)34-41(4,37)38)28-20(13-15)26(35)24(21-14-39-33-17(21)3)27(40-28)18-8-6-5-7-9-18/h5-14,16,31H,1-4H3,(H,34,36)/t16-/m1/s1. The summed E-state index contributed by atoms with van der Waals surface area (Å²) in [6, 6.07) is 15.4. The van der Waals surface area contributed by atoms with Crippen molar-refractivity contribution in [2.45, 2.75) is 26.8 Å². The summed E-state index contributed by atoms with van der Waals surface area (Å²) in [5.74, 6) is -0.585. The minimum atomic E-state index is -3.85. The van der Waals surface area contributed by atoms with Crippen LogP contribution < -0.4 is 15.5 Å². The van der Waals surface area contributed by atoms with Crippen molar-refractivity contribution in [2.24, 2.45) is 0 Å². The highest BCUT2D eigenvalue weighted by Crippen LogP contribution is 2.37. The molecule has 0 saturated heterocycles. The molecule has 1 atom stereocenters. The van der Waals surface area contributed by atoms with Crippen LogP contribution in [-0.2, 0) is 10.0 Å². The molecule has 0 aliphatic rings. The number of fused-ring (bicyclic) bond motifs is 1. The summed E-state index contributed by atoms with van der Waals surface area (Å²) in [4.78, 5) is 30.8. The van der Waals surface area contributed by atoms with E-state index in [2.05, 4.69) is 15.5 Å². The second-order valence-corrected chi connectivity index (χ2v) is 11.8. The van der Waals surface area contributed by atoms with Gasteiger partial charge >= 0.3 is 0 Å². The summed E-state index contributed by atoms with van der Waals surface area (Å²) in [5, 5.41) is 7.53. The van der Waals surface area contributed by atoms with Crippen molar-refractivity contribution >= 4 is 44.2 Å². The number of aryl methyl sites for hydroxylation is 2. The first-order chi connectivity index (χ1) is 19.4. The Hall–Kier alpha value is -4.48. The van der Waals surface area contributed by atoms with Gasteiger partial charge in [0.15, 0.2) is 5.69 Å². The minimum absolute atomic E-state index is 0.0120. The van der Waals surface area contributed by atoms with Gasteiger partial charge in [-0.1, -0.05) is 53.2 Å². The van der Waals surface area contributed by atoms with E-state index in [0.717, 1.165) is 11.8 Å². The van der Waals surface area contributed by atoms with Gasteiger partial charge in [-0.25, -0.2) is 18.1 Å². The van der Waals surface area contributed by atoms with E-state index in [1.54, 1.807) is 13.0 Å². The number of sulfonamides is 1. The van der Waals surface area contributed by atoms with Crippen LogP contribution in [0.2, 0.25) is 5.15 Å². The number of hydrogen-bond donors (Lipinski definition) is 2. The van der Waals surface area contributed by atoms with Gasteiger partial charge in [0, 0.05) is 11.1 Å². The predicted molar refractivity (Wildman–Crippen MR) is 156 cm³/mol.